The number of ether oxygens (including phenoxy) is 1. The van der Waals surface area contributed by atoms with E-state index in [0.717, 1.165) is 17.7 Å². The molecule has 0 spiro atoms. The third kappa shape index (κ3) is 5.99. The van der Waals surface area contributed by atoms with Gasteiger partial charge in [-0.1, -0.05) is 72.8 Å². The van der Waals surface area contributed by atoms with Crippen LogP contribution in [0.5, 0.6) is 6.01 Å². The lowest BCUT2D eigenvalue weighted by Gasteiger charge is -2.39. The Kier molecular flexibility index (Phi) is 8.06. The van der Waals surface area contributed by atoms with Crippen molar-refractivity contribution in [2.24, 2.45) is 0 Å². The van der Waals surface area contributed by atoms with E-state index >= 15 is 0 Å². The lowest BCUT2D eigenvalue weighted by Crippen LogP contribution is -2.47. The van der Waals surface area contributed by atoms with Crippen LogP contribution in [0.15, 0.2) is 91.0 Å². The average molecular weight is 539 g/mol. The summed E-state index contributed by atoms with van der Waals surface area (Å²) in [7, 11) is 0. The number of carboxylic acid groups (broad SMARTS) is 1. The minimum Gasteiger partial charge on any atom is -0.478 e. The maximum atomic E-state index is 13.4. The zero-order valence-corrected chi connectivity index (χ0v) is 21.5. The van der Waals surface area contributed by atoms with Crippen molar-refractivity contribution in [3.63, 3.8) is 0 Å². The van der Waals surface area contributed by atoms with Gasteiger partial charge in [-0.3, -0.25) is 0 Å². The van der Waals surface area contributed by atoms with Crippen LogP contribution in [0, 0.1) is 13.8 Å². The molecular weight excluding hydrogens is 513 g/mol. The Balaban J connectivity index is 1.93. The first-order valence-electron chi connectivity index (χ1n) is 11.7. The highest BCUT2D eigenvalue weighted by atomic mass is 32.2. The molecule has 0 bridgehead atoms. The number of hydrogen-bond donors (Lipinski definition) is 1. The van der Waals surface area contributed by atoms with Gasteiger partial charge in [0.05, 0.1) is 5.56 Å². The van der Waals surface area contributed by atoms with Gasteiger partial charge in [-0.15, -0.1) is 11.8 Å². The molecule has 196 valence electrons. The number of hydrogen-bond acceptors (Lipinski definition) is 5. The molecule has 1 heterocycles. The molecule has 1 aromatic heterocycles. The Morgan fingerprint density at radius 3 is 1.87 bits per heavy atom. The Bertz CT molecular complexity index is 1360. The van der Waals surface area contributed by atoms with Gasteiger partial charge in [-0.25, -0.2) is 14.8 Å². The number of rotatable bonds is 9. The first-order valence-corrected chi connectivity index (χ1v) is 12.7. The molecule has 5 nitrogen and oxygen atoms in total. The zero-order valence-electron chi connectivity index (χ0n) is 20.6. The lowest BCUT2D eigenvalue weighted by molar-refractivity contribution is -0.146. The van der Waals surface area contributed by atoms with Crippen LogP contribution in [0.3, 0.4) is 0 Å². The van der Waals surface area contributed by atoms with Crippen molar-refractivity contribution in [3.8, 4) is 6.01 Å². The fourth-order valence-electron chi connectivity index (χ4n) is 4.23. The molecule has 0 saturated heterocycles. The number of nitrogens with zero attached hydrogens (tertiary/aromatic N) is 2. The molecule has 0 aliphatic rings. The highest BCUT2D eigenvalue weighted by Crippen LogP contribution is 2.49. The number of carbonyl (C=O) groups is 1. The van der Waals surface area contributed by atoms with Crippen molar-refractivity contribution in [2.75, 3.05) is 0 Å². The molecular formula is C29H25F3N2O3S. The highest BCUT2D eigenvalue weighted by molar-refractivity contribution is 7.99. The molecule has 0 aliphatic carbocycles. The summed E-state index contributed by atoms with van der Waals surface area (Å²) in [6, 6.07) is 24.4. The molecule has 0 radical (unpaired) electrons. The third-order valence-electron chi connectivity index (χ3n) is 5.93. The smallest absolute Gasteiger partial charge is 0.416 e. The third-order valence-corrected chi connectivity index (χ3v) is 7.55. The van der Waals surface area contributed by atoms with E-state index in [2.05, 4.69) is 9.97 Å². The molecule has 38 heavy (non-hydrogen) atoms. The lowest BCUT2D eigenvalue weighted by atomic mass is 9.84. The van der Waals surface area contributed by atoms with Gasteiger partial charge in [0, 0.05) is 17.1 Å². The molecule has 0 unspecified atom stereocenters. The summed E-state index contributed by atoms with van der Waals surface area (Å²) in [6.45, 7) is 3.48. The summed E-state index contributed by atoms with van der Waals surface area (Å²) in [4.78, 5) is 21.5. The summed E-state index contributed by atoms with van der Waals surface area (Å²) < 4.78 is 44.8. The quantitative estimate of drug-likeness (QED) is 0.252. The van der Waals surface area contributed by atoms with Gasteiger partial charge in [0.15, 0.2) is 0 Å². The monoisotopic (exact) mass is 538 g/mol. The number of thioether (sulfide) groups is 1. The second-order valence-corrected chi connectivity index (χ2v) is 9.94. The van der Waals surface area contributed by atoms with Gasteiger partial charge in [0.1, 0.15) is 4.75 Å². The van der Waals surface area contributed by atoms with Crippen molar-refractivity contribution in [2.45, 2.75) is 36.6 Å². The predicted molar refractivity (Wildman–Crippen MR) is 140 cm³/mol. The number of benzene rings is 3. The second-order valence-electron chi connectivity index (χ2n) is 8.72. The fourth-order valence-corrected chi connectivity index (χ4v) is 5.73. The molecule has 0 aliphatic heterocycles. The largest absolute Gasteiger partial charge is 0.478 e. The Morgan fingerprint density at radius 1 is 0.842 bits per heavy atom. The van der Waals surface area contributed by atoms with E-state index in [-0.39, 0.29) is 6.01 Å². The van der Waals surface area contributed by atoms with Gasteiger partial charge < -0.3 is 9.84 Å². The first-order chi connectivity index (χ1) is 18.1. The van der Waals surface area contributed by atoms with E-state index in [0.29, 0.717) is 28.3 Å². The summed E-state index contributed by atoms with van der Waals surface area (Å²) in [6.07, 6.45) is -6.13. The van der Waals surface area contributed by atoms with Crippen molar-refractivity contribution >= 4 is 17.7 Å². The summed E-state index contributed by atoms with van der Waals surface area (Å²) >= 11 is 1.26. The van der Waals surface area contributed by atoms with Gasteiger partial charge in [-0.2, -0.15) is 13.2 Å². The molecule has 4 aromatic rings. The number of halogens is 3. The number of alkyl halides is 3. The van der Waals surface area contributed by atoms with Crippen molar-refractivity contribution < 1.29 is 27.8 Å². The second kappa shape index (κ2) is 11.3. The van der Waals surface area contributed by atoms with E-state index < -0.39 is 28.6 Å². The van der Waals surface area contributed by atoms with Crippen LogP contribution >= 0.6 is 11.8 Å². The number of aromatic nitrogens is 2. The predicted octanol–water partition coefficient (Wildman–Crippen LogP) is 6.82. The molecule has 0 saturated carbocycles. The Hall–Kier alpha value is -3.85. The highest BCUT2D eigenvalue weighted by Gasteiger charge is 2.49. The van der Waals surface area contributed by atoms with Crippen LogP contribution in [0.1, 0.15) is 33.6 Å². The van der Waals surface area contributed by atoms with Gasteiger partial charge in [0.25, 0.3) is 0 Å². The van der Waals surface area contributed by atoms with Crippen LogP contribution < -0.4 is 4.74 Å². The minimum atomic E-state index is -4.54. The molecule has 4 rings (SSSR count). The topological polar surface area (TPSA) is 72.3 Å². The van der Waals surface area contributed by atoms with Crippen LogP contribution in [0.4, 0.5) is 13.2 Å². The molecule has 3 aromatic carbocycles. The zero-order chi connectivity index (χ0) is 27.3. The Labute approximate surface area is 222 Å². The van der Waals surface area contributed by atoms with E-state index in [9.17, 15) is 23.1 Å². The van der Waals surface area contributed by atoms with Crippen molar-refractivity contribution in [1.82, 2.24) is 9.97 Å². The molecule has 1 N–H and O–H groups in total. The SMILES string of the molecule is Cc1cc(C)nc(O[C@@H](C(=O)O)[C@@](SCc2ccccc2)(c2ccccc2)c2ccc(C(F)(F)F)cc2)n1. The van der Waals surface area contributed by atoms with Crippen molar-refractivity contribution in [3.05, 3.63) is 125 Å². The maximum Gasteiger partial charge on any atom is 0.416 e. The fraction of sp³-hybridized carbons (Fsp3) is 0.207. The summed E-state index contributed by atoms with van der Waals surface area (Å²) in [5, 5.41) is 10.5. The first kappa shape index (κ1) is 27.2. The Morgan fingerprint density at radius 2 is 1.34 bits per heavy atom. The van der Waals surface area contributed by atoms with E-state index in [1.165, 1.54) is 23.9 Å². The molecule has 0 fully saturated rings. The normalized spacial score (nSPS) is 13.9. The van der Waals surface area contributed by atoms with Crippen LogP contribution in [0.2, 0.25) is 0 Å². The summed E-state index contributed by atoms with van der Waals surface area (Å²) in [5.74, 6) is -0.950. The van der Waals surface area contributed by atoms with E-state index in [4.69, 9.17) is 4.74 Å². The van der Waals surface area contributed by atoms with Crippen LogP contribution in [-0.4, -0.2) is 27.1 Å². The van der Waals surface area contributed by atoms with Crippen LogP contribution in [0.25, 0.3) is 0 Å². The van der Waals surface area contributed by atoms with Crippen LogP contribution in [-0.2, 0) is 21.5 Å². The number of carboxylic acids is 1. The van der Waals surface area contributed by atoms with Gasteiger partial charge in [0.2, 0.25) is 6.10 Å². The molecule has 0 amide bonds. The molecule has 9 heteroatoms. The van der Waals surface area contributed by atoms with E-state index in [1.54, 1.807) is 50.2 Å². The average Bonchev–Trinajstić information content (AvgIpc) is 2.88. The van der Waals surface area contributed by atoms with Gasteiger partial charge in [-0.05, 0) is 48.7 Å². The van der Waals surface area contributed by atoms with E-state index in [1.807, 2.05) is 30.3 Å². The van der Waals surface area contributed by atoms with Gasteiger partial charge >= 0.3 is 18.2 Å². The van der Waals surface area contributed by atoms with Crippen molar-refractivity contribution in [1.29, 1.82) is 0 Å². The standard InChI is InChI=1S/C29H25F3N2O3S/c1-19-17-20(2)34-27(33-19)37-25(26(35)36)28(22-11-7-4-8-12-22,38-18-21-9-5-3-6-10-21)23-13-15-24(16-14-23)29(30,31)32/h3-17,25H,18H2,1-2H3,(H,35,36)/t25-,28+/m0/s1. The number of aliphatic carboxylic acids is 1. The number of aryl methyl sites for hydroxylation is 2. The minimum absolute atomic E-state index is 0.123. The maximum absolute atomic E-state index is 13.4. The molecule has 2 atom stereocenters. The summed E-state index contributed by atoms with van der Waals surface area (Å²) in [5.41, 5.74) is 2.16.